The highest BCUT2D eigenvalue weighted by Crippen LogP contribution is 2.23. The molecule has 0 bridgehead atoms. The lowest BCUT2D eigenvalue weighted by molar-refractivity contribution is -0.147. The molecule has 1 aromatic rings. The summed E-state index contributed by atoms with van der Waals surface area (Å²) in [5.74, 6) is -1.29. The van der Waals surface area contributed by atoms with Crippen LogP contribution in [0.25, 0.3) is 0 Å². The van der Waals surface area contributed by atoms with Crippen molar-refractivity contribution in [2.75, 3.05) is 19.8 Å². The van der Waals surface area contributed by atoms with E-state index in [4.69, 9.17) is 4.74 Å². The highest BCUT2D eigenvalue weighted by atomic mass is 32.2. The molecule has 5 nitrogen and oxygen atoms in total. The van der Waals surface area contributed by atoms with E-state index in [1.807, 2.05) is 12.1 Å². The van der Waals surface area contributed by atoms with Gasteiger partial charge in [0.25, 0.3) is 5.91 Å². The summed E-state index contributed by atoms with van der Waals surface area (Å²) >= 11 is 1.72. The second-order valence-electron chi connectivity index (χ2n) is 5.12. The molecule has 6 heteroatoms. The SMILES string of the molecule is CC(C)Sc1ccc(C(=O)N2CCOCC2C(=O)O)cc1. The smallest absolute Gasteiger partial charge is 0.328 e. The van der Waals surface area contributed by atoms with Crippen LogP contribution >= 0.6 is 11.8 Å². The van der Waals surface area contributed by atoms with Gasteiger partial charge in [-0.3, -0.25) is 4.79 Å². The van der Waals surface area contributed by atoms with Crippen LogP contribution in [-0.2, 0) is 9.53 Å². The molecule has 0 aliphatic carbocycles. The number of carbonyl (C=O) groups is 2. The van der Waals surface area contributed by atoms with E-state index < -0.39 is 12.0 Å². The lowest BCUT2D eigenvalue weighted by Crippen LogP contribution is -2.52. The maximum absolute atomic E-state index is 12.4. The van der Waals surface area contributed by atoms with E-state index in [1.165, 1.54) is 4.90 Å². The molecule has 1 amide bonds. The van der Waals surface area contributed by atoms with Gasteiger partial charge in [-0.1, -0.05) is 13.8 Å². The van der Waals surface area contributed by atoms with Crippen molar-refractivity contribution in [3.05, 3.63) is 29.8 Å². The number of amides is 1. The molecule has 0 aromatic heterocycles. The zero-order chi connectivity index (χ0) is 15.4. The first kappa shape index (κ1) is 15.9. The highest BCUT2D eigenvalue weighted by Gasteiger charge is 2.33. The van der Waals surface area contributed by atoms with Crippen LogP contribution < -0.4 is 0 Å². The van der Waals surface area contributed by atoms with Crippen LogP contribution in [-0.4, -0.2) is 52.9 Å². The van der Waals surface area contributed by atoms with E-state index in [0.717, 1.165) is 4.90 Å². The van der Waals surface area contributed by atoms with E-state index in [1.54, 1.807) is 23.9 Å². The molecule has 21 heavy (non-hydrogen) atoms. The summed E-state index contributed by atoms with van der Waals surface area (Å²) in [6, 6.07) is 6.39. The molecule has 1 saturated heterocycles. The Bertz CT molecular complexity index is 515. The third-order valence-corrected chi connectivity index (χ3v) is 4.16. The molecular weight excluding hydrogens is 290 g/mol. The zero-order valence-corrected chi connectivity index (χ0v) is 12.9. The van der Waals surface area contributed by atoms with Gasteiger partial charge in [-0.25, -0.2) is 4.79 Å². The van der Waals surface area contributed by atoms with E-state index in [0.29, 0.717) is 24.0 Å². The minimum atomic E-state index is -1.03. The lowest BCUT2D eigenvalue weighted by Gasteiger charge is -2.32. The summed E-state index contributed by atoms with van der Waals surface area (Å²) < 4.78 is 5.14. The van der Waals surface area contributed by atoms with Gasteiger partial charge in [-0.15, -0.1) is 11.8 Å². The number of aliphatic carboxylic acids is 1. The first-order chi connectivity index (χ1) is 9.99. The molecule has 1 aromatic carbocycles. The maximum Gasteiger partial charge on any atom is 0.328 e. The summed E-state index contributed by atoms with van der Waals surface area (Å²) in [5.41, 5.74) is 0.510. The summed E-state index contributed by atoms with van der Waals surface area (Å²) in [6.07, 6.45) is 0. The van der Waals surface area contributed by atoms with Crippen molar-refractivity contribution >= 4 is 23.6 Å². The van der Waals surface area contributed by atoms with Gasteiger partial charge in [-0.05, 0) is 24.3 Å². The number of hydrogen-bond acceptors (Lipinski definition) is 4. The van der Waals surface area contributed by atoms with Crippen molar-refractivity contribution in [2.45, 2.75) is 30.0 Å². The van der Waals surface area contributed by atoms with Crippen LogP contribution in [0.2, 0.25) is 0 Å². The van der Waals surface area contributed by atoms with E-state index >= 15 is 0 Å². The van der Waals surface area contributed by atoms with Crippen molar-refractivity contribution in [3.8, 4) is 0 Å². The van der Waals surface area contributed by atoms with Gasteiger partial charge < -0.3 is 14.7 Å². The molecule has 0 saturated carbocycles. The molecule has 0 radical (unpaired) electrons. The van der Waals surface area contributed by atoms with Crippen molar-refractivity contribution in [3.63, 3.8) is 0 Å². The molecular formula is C15H19NO4S. The predicted molar refractivity (Wildman–Crippen MR) is 80.7 cm³/mol. The van der Waals surface area contributed by atoms with Crippen LogP contribution in [0.3, 0.4) is 0 Å². The Morgan fingerprint density at radius 2 is 2.00 bits per heavy atom. The number of hydrogen-bond donors (Lipinski definition) is 1. The van der Waals surface area contributed by atoms with E-state index in [-0.39, 0.29) is 12.5 Å². The van der Waals surface area contributed by atoms with Crippen LogP contribution in [0, 0.1) is 0 Å². The Balaban J connectivity index is 2.12. The number of thioether (sulfide) groups is 1. The minimum Gasteiger partial charge on any atom is -0.480 e. The topological polar surface area (TPSA) is 66.8 Å². The van der Waals surface area contributed by atoms with Crippen LogP contribution in [0.1, 0.15) is 24.2 Å². The number of benzene rings is 1. The standard InChI is InChI=1S/C15H19NO4S/c1-10(2)21-12-5-3-11(4-6-12)14(17)16-7-8-20-9-13(16)15(18)19/h3-6,10,13H,7-9H2,1-2H3,(H,18,19). The largest absolute Gasteiger partial charge is 0.480 e. The Hall–Kier alpha value is -1.53. The van der Waals surface area contributed by atoms with Crippen LogP contribution in [0.5, 0.6) is 0 Å². The number of ether oxygens (including phenoxy) is 1. The Morgan fingerprint density at radius 1 is 1.33 bits per heavy atom. The first-order valence-corrected chi connectivity index (χ1v) is 7.75. The van der Waals surface area contributed by atoms with Gasteiger partial charge >= 0.3 is 5.97 Å². The monoisotopic (exact) mass is 309 g/mol. The average Bonchev–Trinajstić information content (AvgIpc) is 2.46. The number of nitrogens with zero attached hydrogens (tertiary/aromatic N) is 1. The molecule has 1 aliphatic heterocycles. The quantitative estimate of drug-likeness (QED) is 0.863. The summed E-state index contributed by atoms with van der Waals surface area (Å²) in [5, 5.41) is 9.64. The fourth-order valence-electron chi connectivity index (χ4n) is 2.17. The average molecular weight is 309 g/mol. The molecule has 1 aliphatic rings. The summed E-state index contributed by atoms with van der Waals surface area (Å²) in [4.78, 5) is 26.1. The number of carboxylic acid groups (broad SMARTS) is 1. The molecule has 1 N–H and O–H groups in total. The Kier molecular flexibility index (Phi) is 5.25. The third-order valence-electron chi connectivity index (χ3n) is 3.15. The van der Waals surface area contributed by atoms with Crippen LogP contribution in [0.4, 0.5) is 0 Å². The van der Waals surface area contributed by atoms with Crippen molar-refractivity contribution in [1.82, 2.24) is 4.90 Å². The third kappa shape index (κ3) is 3.98. The second-order valence-corrected chi connectivity index (χ2v) is 6.77. The van der Waals surface area contributed by atoms with Crippen molar-refractivity contribution in [1.29, 1.82) is 0 Å². The molecule has 114 valence electrons. The Morgan fingerprint density at radius 3 is 2.57 bits per heavy atom. The Labute approximate surface area is 128 Å². The normalized spacial score (nSPS) is 18.8. The fraction of sp³-hybridized carbons (Fsp3) is 0.467. The number of morpholine rings is 1. The van der Waals surface area contributed by atoms with E-state index in [2.05, 4.69) is 13.8 Å². The van der Waals surface area contributed by atoms with Gasteiger partial charge in [0.1, 0.15) is 0 Å². The summed E-state index contributed by atoms with van der Waals surface area (Å²) in [6.45, 7) is 4.93. The molecule has 2 rings (SSSR count). The van der Waals surface area contributed by atoms with Gasteiger partial charge in [0.05, 0.1) is 13.2 Å². The lowest BCUT2D eigenvalue weighted by atomic mass is 10.1. The predicted octanol–water partition coefficient (Wildman–Crippen LogP) is 2.11. The van der Waals surface area contributed by atoms with Crippen molar-refractivity contribution in [2.24, 2.45) is 0 Å². The molecule has 0 spiro atoms. The molecule has 1 fully saturated rings. The summed E-state index contributed by atoms with van der Waals surface area (Å²) in [7, 11) is 0. The van der Waals surface area contributed by atoms with Gasteiger partial charge in [0.2, 0.25) is 0 Å². The van der Waals surface area contributed by atoms with Crippen LogP contribution in [0.15, 0.2) is 29.2 Å². The minimum absolute atomic E-state index is 0.0440. The van der Waals surface area contributed by atoms with E-state index in [9.17, 15) is 14.7 Å². The van der Waals surface area contributed by atoms with Crippen molar-refractivity contribution < 1.29 is 19.4 Å². The van der Waals surface area contributed by atoms with Gasteiger partial charge in [0.15, 0.2) is 6.04 Å². The molecule has 1 atom stereocenters. The second kappa shape index (κ2) is 6.95. The molecule has 1 heterocycles. The fourth-order valence-corrected chi connectivity index (χ4v) is 3.00. The molecule has 1 unspecified atom stereocenters. The van der Waals surface area contributed by atoms with Gasteiger partial charge in [-0.2, -0.15) is 0 Å². The van der Waals surface area contributed by atoms with Gasteiger partial charge in [0, 0.05) is 22.3 Å². The number of carbonyl (C=O) groups excluding carboxylic acids is 1. The number of rotatable bonds is 4. The number of carboxylic acids is 1. The first-order valence-electron chi connectivity index (χ1n) is 6.87. The maximum atomic E-state index is 12.4. The zero-order valence-electron chi connectivity index (χ0n) is 12.1. The highest BCUT2D eigenvalue weighted by molar-refractivity contribution is 7.99.